The summed E-state index contributed by atoms with van der Waals surface area (Å²) in [6.07, 6.45) is 51.6. The quantitative estimate of drug-likeness (QED) is 0.0365. The Morgan fingerprint density at radius 2 is 0.729 bits per heavy atom. The summed E-state index contributed by atoms with van der Waals surface area (Å²) in [6, 6.07) is 0. The zero-order valence-corrected chi connectivity index (χ0v) is 33.9. The molecule has 0 radical (unpaired) electrons. The normalized spacial score (nSPS) is 13.0. The second kappa shape index (κ2) is 39.2. The monoisotopic (exact) mass is 677 g/mol. The number of hydrogen-bond acceptors (Lipinski definition) is 2. The third kappa shape index (κ3) is 41.5. The van der Waals surface area contributed by atoms with Gasteiger partial charge < -0.3 is 14.0 Å². The van der Waals surface area contributed by atoms with Crippen molar-refractivity contribution in [3.63, 3.8) is 0 Å². The van der Waals surface area contributed by atoms with Gasteiger partial charge >= 0.3 is 0 Å². The molecule has 0 aromatic heterocycles. The number of nitrogens with zero attached hydrogens (tertiary/aromatic N) is 1. The molecule has 0 amide bonds. The predicted octanol–water partition coefficient (Wildman–Crippen LogP) is 14.3. The van der Waals surface area contributed by atoms with Gasteiger partial charge in [0.25, 0.3) is 0 Å². The Bertz CT molecular complexity index is 652. The highest BCUT2D eigenvalue weighted by atomic mass is 16.5. The first-order chi connectivity index (χ1) is 23.5. The highest BCUT2D eigenvalue weighted by Crippen LogP contribution is 2.14. The van der Waals surface area contributed by atoms with Crippen LogP contribution in [0, 0.1) is 0 Å². The Labute approximate surface area is 304 Å². The molecule has 0 saturated carbocycles. The Morgan fingerprint density at radius 1 is 0.396 bits per heavy atom. The van der Waals surface area contributed by atoms with Gasteiger partial charge in [0.1, 0.15) is 12.6 Å². The van der Waals surface area contributed by atoms with E-state index in [0.717, 1.165) is 37.3 Å². The van der Waals surface area contributed by atoms with Gasteiger partial charge in [-0.1, -0.05) is 154 Å². The molecular weight excluding hydrogens is 587 g/mol. The Morgan fingerprint density at radius 3 is 1.12 bits per heavy atom. The minimum Gasteiger partial charge on any atom is -0.381 e. The van der Waals surface area contributed by atoms with Gasteiger partial charge in [-0.3, -0.25) is 0 Å². The summed E-state index contributed by atoms with van der Waals surface area (Å²) in [5.41, 5.74) is 0. The summed E-state index contributed by atoms with van der Waals surface area (Å²) in [5, 5.41) is 0. The maximum absolute atomic E-state index is 6.41. The number of quaternary nitrogens is 1. The zero-order chi connectivity index (χ0) is 35.1. The van der Waals surface area contributed by atoms with Gasteiger partial charge in [-0.05, 0) is 83.5 Å². The minimum atomic E-state index is 0.379. The van der Waals surface area contributed by atoms with Crippen LogP contribution in [0.25, 0.3) is 0 Å². The van der Waals surface area contributed by atoms with Crippen LogP contribution in [0.1, 0.15) is 213 Å². The van der Waals surface area contributed by atoms with Crippen molar-refractivity contribution in [2.45, 2.75) is 219 Å². The SMILES string of the molecule is CCCCCCCC/C=C\CCCCCCCCOCCCCC(C[N+](C)(C)C)OCCCCCCCC/C=C\CCCCCCCC. The lowest BCUT2D eigenvalue weighted by Gasteiger charge is -2.29. The lowest BCUT2D eigenvalue weighted by molar-refractivity contribution is -0.873. The van der Waals surface area contributed by atoms with Crippen molar-refractivity contribution in [1.82, 2.24) is 0 Å². The summed E-state index contributed by atoms with van der Waals surface area (Å²) < 4.78 is 13.4. The van der Waals surface area contributed by atoms with Crippen LogP contribution in [0.2, 0.25) is 0 Å². The Kier molecular flexibility index (Phi) is 38.6. The average Bonchev–Trinajstić information content (AvgIpc) is 3.06. The van der Waals surface area contributed by atoms with Gasteiger partial charge in [0.15, 0.2) is 0 Å². The van der Waals surface area contributed by atoms with Crippen LogP contribution in [-0.2, 0) is 9.47 Å². The molecule has 0 aliphatic rings. The van der Waals surface area contributed by atoms with Gasteiger partial charge in [-0.15, -0.1) is 0 Å². The van der Waals surface area contributed by atoms with E-state index in [0.29, 0.717) is 6.10 Å². The van der Waals surface area contributed by atoms with E-state index in [1.54, 1.807) is 0 Å². The highest BCUT2D eigenvalue weighted by molar-refractivity contribution is 4.82. The minimum absolute atomic E-state index is 0.379. The second-order valence-electron chi connectivity index (χ2n) is 15.9. The number of allylic oxidation sites excluding steroid dienone is 4. The molecule has 0 aliphatic carbocycles. The fourth-order valence-electron chi connectivity index (χ4n) is 6.57. The lowest BCUT2D eigenvalue weighted by atomic mass is 10.1. The van der Waals surface area contributed by atoms with Crippen LogP contribution in [0.3, 0.4) is 0 Å². The largest absolute Gasteiger partial charge is 0.381 e. The maximum atomic E-state index is 6.41. The molecule has 1 unspecified atom stereocenters. The van der Waals surface area contributed by atoms with E-state index in [4.69, 9.17) is 9.47 Å². The summed E-state index contributed by atoms with van der Waals surface area (Å²) in [6.45, 7) is 8.47. The second-order valence-corrected chi connectivity index (χ2v) is 15.9. The molecule has 0 N–H and O–H groups in total. The van der Waals surface area contributed by atoms with Crippen molar-refractivity contribution >= 4 is 0 Å². The van der Waals surface area contributed by atoms with Crippen LogP contribution in [0.15, 0.2) is 24.3 Å². The van der Waals surface area contributed by atoms with E-state index in [9.17, 15) is 0 Å². The number of hydrogen-bond donors (Lipinski definition) is 0. The first kappa shape index (κ1) is 47.4. The van der Waals surface area contributed by atoms with E-state index in [-0.39, 0.29) is 0 Å². The molecule has 0 aromatic carbocycles. The first-order valence-electron chi connectivity index (χ1n) is 21.8. The van der Waals surface area contributed by atoms with Crippen molar-refractivity contribution in [3.05, 3.63) is 24.3 Å². The van der Waals surface area contributed by atoms with Crippen molar-refractivity contribution < 1.29 is 14.0 Å². The van der Waals surface area contributed by atoms with E-state index in [1.165, 1.54) is 193 Å². The fourth-order valence-corrected chi connectivity index (χ4v) is 6.57. The van der Waals surface area contributed by atoms with Gasteiger partial charge in [0.2, 0.25) is 0 Å². The zero-order valence-electron chi connectivity index (χ0n) is 33.9. The van der Waals surface area contributed by atoms with Gasteiger partial charge in [0.05, 0.1) is 21.1 Å². The molecule has 1 atom stereocenters. The molecule has 286 valence electrons. The van der Waals surface area contributed by atoms with Crippen molar-refractivity contribution in [2.24, 2.45) is 0 Å². The van der Waals surface area contributed by atoms with E-state index in [2.05, 4.69) is 59.3 Å². The summed E-state index contributed by atoms with van der Waals surface area (Å²) in [5.74, 6) is 0. The van der Waals surface area contributed by atoms with Crippen molar-refractivity contribution in [3.8, 4) is 0 Å². The van der Waals surface area contributed by atoms with Crippen LogP contribution in [0.5, 0.6) is 0 Å². The number of unbranched alkanes of at least 4 members (excludes halogenated alkanes) is 25. The first-order valence-corrected chi connectivity index (χ1v) is 21.8. The molecule has 0 aliphatic heterocycles. The molecule has 0 saturated heterocycles. The third-order valence-electron chi connectivity index (χ3n) is 9.63. The molecule has 0 fully saturated rings. The van der Waals surface area contributed by atoms with E-state index >= 15 is 0 Å². The number of ether oxygens (including phenoxy) is 2. The van der Waals surface area contributed by atoms with Gasteiger partial charge in [-0.25, -0.2) is 0 Å². The average molecular weight is 677 g/mol. The van der Waals surface area contributed by atoms with Crippen LogP contribution < -0.4 is 0 Å². The molecule has 0 spiro atoms. The van der Waals surface area contributed by atoms with Gasteiger partial charge in [-0.2, -0.15) is 0 Å². The molecule has 0 rings (SSSR count). The third-order valence-corrected chi connectivity index (χ3v) is 9.63. The smallest absolute Gasteiger partial charge is 0.106 e. The van der Waals surface area contributed by atoms with E-state index in [1.807, 2.05) is 0 Å². The Balaban J connectivity index is 3.59. The summed E-state index contributed by atoms with van der Waals surface area (Å²) in [4.78, 5) is 0. The van der Waals surface area contributed by atoms with Crippen molar-refractivity contribution in [1.29, 1.82) is 0 Å². The molecule has 0 heterocycles. The van der Waals surface area contributed by atoms with Crippen LogP contribution in [0.4, 0.5) is 0 Å². The van der Waals surface area contributed by atoms with Crippen LogP contribution in [-0.4, -0.2) is 58.1 Å². The summed E-state index contributed by atoms with van der Waals surface area (Å²) in [7, 11) is 6.87. The molecule has 3 heteroatoms. The molecule has 0 bridgehead atoms. The van der Waals surface area contributed by atoms with Crippen molar-refractivity contribution in [2.75, 3.05) is 47.5 Å². The lowest BCUT2D eigenvalue weighted by Crippen LogP contribution is -2.42. The van der Waals surface area contributed by atoms with Crippen LogP contribution >= 0.6 is 0 Å². The predicted molar refractivity (Wildman–Crippen MR) is 216 cm³/mol. The Hall–Kier alpha value is -0.640. The number of likely N-dealkylation sites (N-methyl/N-ethyl adjacent to an activating group) is 1. The number of rotatable bonds is 40. The molecule has 0 aromatic rings. The van der Waals surface area contributed by atoms with Gasteiger partial charge in [0, 0.05) is 19.8 Å². The fraction of sp³-hybridized carbons (Fsp3) is 0.911. The standard InChI is InChI=1S/C45H90NO2/c1-6-8-10-12-14-16-18-20-22-24-26-28-30-32-34-37-41-47-42-39-36-40-45(44-46(3,4)5)48-43-38-35-33-31-29-27-25-23-21-19-17-15-13-11-9-7-2/h20-23,45H,6-19,24-44H2,1-5H3/q+1/b22-20-,23-21-. The highest BCUT2D eigenvalue weighted by Gasteiger charge is 2.18. The molecule has 48 heavy (non-hydrogen) atoms. The van der Waals surface area contributed by atoms with E-state index < -0.39 is 0 Å². The molecule has 3 nitrogen and oxygen atoms in total. The molecular formula is C45H90NO2+. The topological polar surface area (TPSA) is 18.5 Å². The summed E-state index contributed by atoms with van der Waals surface area (Å²) >= 11 is 0. The maximum Gasteiger partial charge on any atom is 0.106 e.